The van der Waals surface area contributed by atoms with Crippen LogP contribution in [0.15, 0.2) is 29.2 Å². The molecule has 2 rings (SSSR count). The normalized spacial score (nSPS) is 10.6. The molecule has 0 N–H and O–H groups in total. The van der Waals surface area contributed by atoms with Crippen LogP contribution in [0.25, 0.3) is 0 Å². The van der Waals surface area contributed by atoms with Crippen LogP contribution in [0.2, 0.25) is 5.15 Å². The van der Waals surface area contributed by atoms with Crippen molar-refractivity contribution in [3.05, 3.63) is 46.2 Å². The number of halogens is 1. The average Bonchev–Trinajstić information content (AvgIpc) is 2.62. The van der Waals surface area contributed by atoms with Crippen molar-refractivity contribution in [2.75, 3.05) is 0 Å². The van der Waals surface area contributed by atoms with Crippen LogP contribution < -0.4 is 0 Å². The Morgan fingerprint density at radius 3 is 2.56 bits per heavy atom. The van der Waals surface area contributed by atoms with Gasteiger partial charge in [-0.3, -0.25) is 9.48 Å². The molecule has 2 aromatic rings. The van der Waals surface area contributed by atoms with Gasteiger partial charge in [0.1, 0.15) is 11.4 Å². The van der Waals surface area contributed by atoms with Crippen molar-refractivity contribution in [3.63, 3.8) is 0 Å². The number of hydrogen-bond acceptors (Lipinski definition) is 3. The molecule has 0 aliphatic carbocycles. The molecule has 0 fully saturated rings. The van der Waals surface area contributed by atoms with E-state index in [9.17, 15) is 4.79 Å². The summed E-state index contributed by atoms with van der Waals surface area (Å²) in [6.45, 7) is 1.96. The van der Waals surface area contributed by atoms with Crippen LogP contribution in [0.3, 0.4) is 0 Å². The number of benzene rings is 1. The summed E-state index contributed by atoms with van der Waals surface area (Å²) in [5.41, 5.74) is 2.71. The van der Waals surface area contributed by atoms with E-state index in [4.69, 9.17) is 11.6 Å². The molecule has 0 spiro atoms. The maximum atomic E-state index is 10.6. The van der Waals surface area contributed by atoms with Crippen molar-refractivity contribution in [1.82, 2.24) is 9.78 Å². The maximum Gasteiger partial charge on any atom is 0.150 e. The molecule has 1 aromatic carbocycles. The second-order valence-corrected chi connectivity index (χ2v) is 5.36. The molecule has 0 radical (unpaired) electrons. The van der Waals surface area contributed by atoms with Crippen LogP contribution in [0.5, 0.6) is 0 Å². The molecular formula is C13H13ClN2OS. The number of hydrogen-bond donors (Lipinski definition) is 0. The van der Waals surface area contributed by atoms with E-state index in [1.165, 1.54) is 0 Å². The van der Waals surface area contributed by atoms with Gasteiger partial charge in [0.05, 0.1) is 5.69 Å². The smallest absolute Gasteiger partial charge is 0.150 e. The Bertz CT molecular complexity index is 563. The van der Waals surface area contributed by atoms with Gasteiger partial charge in [0.2, 0.25) is 0 Å². The van der Waals surface area contributed by atoms with Gasteiger partial charge in [-0.1, -0.05) is 23.7 Å². The number of carbonyl (C=O) groups is 1. The Labute approximate surface area is 115 Å². The van der Waals surface area contributed by atoms with Gasteiger partial charge in [-0.15, -0.1) is 11.8 Å². The molecule has 0 bridgehead atoms. The lowest BCUT2D eigenvalue weighted by Crippen LogP contribution is -1.89. The van der Waals surface area contributed by atoms with Crippen molar-refractivity contribution in [2.24, 2.45) is 7.05 Å². The molecule has 0 atom stereocenters. The molecule has 1 aromatic heterocycles. The largest absolute Gasteiger partial charge is 0.298 e. The lowest BCUT2D eigenvalue weighted by atomic mass is 10.2. The van der Waals surface area contributed by atoms with E-state index in [1.807, 2.05) is 38.2 Å². The zero-order valence-corrected chi connectivity index (χ0v) is 11.8. The maximum absolute atomic E-state index is 10.6. The first-order valence-electron chi connectivity index (χ1n) is 5.48. The third kappa shape index (κ3) is 2.76. The van der Waals surface area contributed by atoms with Gasteiger partial charge >= 0.3 is 0 Å². The molecule has 18 heavy (non-hydrogen) atoms. The predicted octanol–water partition coefficient (Wildman–Crippen LogP) is 3.49. The predicted molar refractivity (Wildman–Crippen MR) is 74.3 cm³/mol. The molecule has 5 heteroatoms. The molecule has 0 aliphatic heterocycles. The highest BCUT2D eigenvalue weighted by Crippen LogP contribution is 2.28. The Hall–Kier alpha value is -1.26. The molecule has 3 nitrogen and oxygen atoms in total. The first-order chi connectivity index (χ1) is 8.61. The Kier molecular flexibility index (Phi) is 4.09. The summed E-state index contributed by atoms with van der Waals surface area (Å²) in [6.07, 6.45) is 0.844. The van der Waals surface area contributed by atoms with Gasteiger partial charge in [0, 0.05) is 28.8 Å². The Morgan fingerprint density at radius 2 is 2.06 bits per heavy atom. The molecule has 0 saturated carbocycles. The van der Waals surface area contributed by atoms with E-state index in [2.05, 4.69) is 5.10 Å². The topological polar surface area (TPSA) is 34.9 Å². The Balaban J connectivity index is 2.08. The lowest BCUT2D eigenvalue weighted by Gasteiger charge is -2.02. The van der Waals surface area contributed by atoms with Crippen LogP contribution in [0.1, 0.15) is 21.6 Å². The average molecular weight is 281 g/mol. The van der Waals surface area contributed by atoms with Crippen LogP contribution in [-0.4, -0.2) is 16.1 Å². The first kappa shape index (κ1) is 13.2. The van der Waals surface area contributed by atoms with Crippen LogP contribution in [0.4, 0.5) is 0 Å². The van der Waals surface area contributed by atoms with Crippen LogP contribution in [0, 0.1) is 6.92 Å². The van der Waals surface area contributed by atoms with E-state index >= 15 is 0 Å². The molecule has 0 aliphatic rings. The van der Waals surface area contributed by atoms with Crippen molar-refractivity contribution in [1.29, 1.82) is 0 Å². The minimum atomic E-state index is 0.685. The Morgan fingerprint density at radius 1 is 1.39 bits per heavy atom. The van der Waals surface area contributed by atoms with E-state index in [0.717, 1.165) is 28.2 Å². The second kappa shape index (κ2) is 5.59. The number of aromatic nitrogens is 2. The summed E-state index contributed by atoms with van der Waals surface area (Å²) in [5, 5.41) is 4.96. The molecule has 1 heterocycles. The number of nitrogens with zero attached hydrogens (tertiary/aromatic N) is 2. The van der Waals surface area contributed by atoms with E-state index < -0.39 is 0 Å². The standard InChI is InChI=1S/C13H13ClN2OS/c1-9-12(13(14)16(2)15-9)8-18-11-5-3-10(7-17)4-6-11/h3-7H,8H2,1-2H3. The summed E-state index contributed by atoms with van der Waals surface area (Å²) >= 11 is 7.85. The summed E-state index contributed by atoms with van der Waals surface area (Å²) in [7, 11) is 1.84. The highest BCUT2D eigenvalue weighted by atomic mass is 35.5. The SMILES string of the molecule is Cc1nn(C)c(Cl)c1CSc1ccc(C=O)cc1. The lowest BCUT2D eigenvalue weighted by molar-refractivity contribution is 0.112. The molecule has 94 valence electrons. The second-order valence-electron chi connectivity index (χ2n) is 3.95. The highest BCUT2D eigenvalue weighted by molar-refractivity contribution is 7.98. The summed E-state index contributed by atoms with van der Waals surface area (Å²) < 4.78 is 1.68. The third-order valence-electron chi connectivity index (χ3n) is 2.67. The minimum absolute atomic E-state index is 0.685. The molecule has 0 saturated heterocycles. The van der Waals surface area contributed by atoms with Gasteiger partial charge in [-0.25, -0.2) is 0 Å². The fourth-order valence-corrected chi connectivity index (χ4v) is 2.94. The molecule has 0 unspecified atom stereocenters. The number of rotatable bonds is 4. The number of aldehydes is 1. The van der Waals surface area contributed by atoms with Gasteiger partial charge in [0.15, 0.2) is 0 Å². The first-order valence-corrected chi connectivity index (χ1v) is 6.84. The van der Waals surface area contributed by atoms with Crippen LogP contribution in [-0.2, 0) is 12.8 Å². The van der Waals surface area contributed by atoms with E-state index in [1.54, 1.807) is 16.4 Å². The van der Waals surface area contributed by atoms with Crippen molar-refractivity contribution in [2.45, 2.75) is 17.6 Å². The van der Waals surface area contributed by atoms with E-state index in [0.29, 0.717) is 10.7 Å². The zero-order chi connectivity index (χ0) is 13.1. The van der Waals surface area contributed by atoms with Gasteiger partial charge < -0.3 is 0 Å². The number of carbonyl (C=O) groups excluding carboxylic acids is 1. The minimum Gasteiger partial charge on any atom is -0.298 e. The van der Waals surface area contributed by atoms with Crippen LogP contribution >= 0.6 is 23.4 Å². The number of thioether (sulfide) groups is 1. The molecular weight excluding hydrogens is 268 g/mol. The van der Waals surface area contributed by atoms with Gasteiger partial charge in [0.25, 0.3) is 0 Å². The fourth-order valence-electron chi connectivity index (χ4n) is 1.64. The quantitative estimate of drug-likeness (QED) is 0.635. The number of aryl methyl sites for hydroxylation is 2. The summed E-state index contributed by atoms with van der Waals surface area (Å²) in [5.74, 6) is 0.777. The summed E-state index contributed by atoms with van der Waals surface area (Å²) in [6, 6.07) is 7.50. The molecule has 0 amide bonds. The van der Waals surface area contributed by atoms with Crippen molar-refractivity contribution < 1.29 is 4.79 Å². The highest BCUT2D eigenvalue weighted by Gasteiger charge is 2.11. The summed E-state index contributed by atoms with van der Waals surface area (Å²) in [4.78, 5) is 11.7. The van der Waals surface area contributed by atoms with Crippen molar-refractivity contribution in [3.8, 4) is 0 Å². The van der Waals surface area contributed by atoms with Gasteiger partial charge in [-0.2, -0.15) is 5.10 Å². The van der Waals surface area contributed by atoms with Crippen molar-refractivity contribution >= 4 is 29.6 Å². The fraction of sp³-hybridized carbons (Fsp3) is 0.231. The third-order valence-corrected chi connectivity index (χ3v) is 4.18. The van der Waals surface area contributed by atoms with Gasteiger partial charge in [-0.05, 0) is 19.1 Å². The monoisotopic (exact) mass is 280 g/mol. The van der Waals surface area contributed by atoms with E-state index in [-0.39, 0.29) is 0 Å². The zero-order valence-electron chi connectivity index (χ0n) is 10.2.